The van der Waals surface area contributed by atoms with Gasteiger partial charge in [-0.1, -0.05) is 94.4 Å². The molecule has 0 bridgehead atoms. The molecule has 2 aromatic carbocycles. The first-order valence-corrected chi connectivity index (χ1v) is 34.8. The fraction of sp³-hybridized carbons (Fsp3) is 0.615. The van der Waals surface area contributed by atoms with Crippen LogP contribution in [0.25, 0.3) is 0 Å². The van der Waals surface area contributed by atoms with Gasteiger partial charge in [0.1, 0.15) is 0 Å². The Balaban J connectivity index is 0.00000170. The van der Waals surface area contributed by atoms with Gasteiger partial charge in [-0.05, 0) is 23.1 Å². The Morgan fingerprint density at radius 2 is 1.09 bits per heavy atom. The summed E-state index contributed by atoms with van der Waals surface area (Å²) in [6.45, 7) is 31.0. The first-order valence-electron chi connectivity index (χ1n) is 12.8. The molecule has 2 rings (SSSR count). The van der Waals surface area contributed by atoms with Crippen LogP contribution in [0.3, 0.4) is 0 Å². The molecule has 9 heteroatoms. The molecule has 0 aliphatic carbocycles. The first-order chi connectivity index (χ1) is 15.4. The number of hydrogen-bond acceptors (Lipinski definition) is 0. The van der Waals surface area contributed by atoms with Gasteiger partial charge in [-0.2, -0.15) is 6.07 Å². The topological polar surface area (TPSA) is 0 Å². The quantitative estimate of drug-likeness (QED) is 0.121. The molecule has 2 aromatic rings. The van der Waals surface area contributed by atoms with Crippen LogP contribution < -0.4 is 10.6 Å². The van der Waals surface area contributed by atoms with Crippen molar-refractivity contribution < 1.29 is 17.1 Å². The minimum absolute atomic E-state index is 0. The van der Waals surface area contributed by atoms with Crippen LogP contribution in [-0.4, -0.2) is 55.4 Å². The Bertz CT molecular complexity index is 727. The predicted octanol–water partition coefficient (Wildman–Crippen LogP) is 9.72. The monoisotopic (exact) mass is 658 g/mol. The average molecular weight is 659 g/mol. The Kier molecular flexibility index (Phi) is 17.0. The maximum Gasteiger partial charge on any atom is 0.0492 e. The maximum absolute atomic E-state index is 2.60. The van der Waals surface area contributed by atoms with Crippen LogP contribution in [-0.2, 0) is 17.1 Å². The second-order valence-electron chi connectivity index (χ2n) is 14.3. The molecular formula is C26H54FeP4Si4-6. The van der Waals surface area contributed by atoms with Crippen molar-refractivity contribution in [2.24, 2.45) is 0 Å². The van der Waals surface area contributed by atoms with Gasteiger partial charge in [-0.25, -0.2) is 12.1 Å². The molecule has 0 radical (unpaired) electrons. The van der Waals surface area contributed by atoms with E-state index in [2.05, 4.69) is 96.8 Å². The van der Waals surface area contributed by atoms with Gasteiger partial charge in [0.25, 0.3) is 0 Å². The Hall–Kier alpha value is 1.81. The van der Waals surface area contributed by atoms with Crippen molar-refractivity contribution in [1.82, 2.24) is 0 Å². The largest absolute Gasteiger partial charge is 0.748 e. The predicted molar refractivity (Wildman–Crippen MR) is 187 cm³/mol. The molecule has 0 spiro atoms. The minimum Gasteiger partial charge on any atom is -0.748 e. The van der Waals surface area contributed by atoms with Crippen molar-refractivity contribution in [3.63, 3.8) is 0 Å². The van der Waals surface area contributed by atoms with E-state index in [1.165, 1.54) is 28.1 Å². The molecule has 0 N–H and O–H groups in total. The summed E-state index contributed by atoms with van der Waals surface area (Å²) in [6.07, 6.45) is 0. The van der Waals surface area contributed by atoms with E-state index in [9.17, 15) is 0 Å². The van der Waals surface area contributed by atoms with Crippen molar-refractivity contribution in [3.8, 4) is 0 Å². The van der Waals surface area contributed by atoms with E-state index in [4.69, 9.17) is 0 Å². The molecular weight excluding hydrogens is 604 g/mol. The van der Waals surface area contributed by atoms with Crippen molar-refractivity contribution >= 4 is 74.7 Å². The van der Waals surface area contributed by atoms with Crippen molar-refractivity contribution in [2.45, 2.75) is 78.6 Å². The molecule has 0 nitrogen and oxygen atoms in total. The van der Waals surface area contributed by atoms with Gasteiger partial charge in [-0.15, -0.1) is 26.5 Å². The second kappa shape index (κ2) is 16.2. The van der Waals surface area contributed by atoms with Gasteiger partial charge in [-0.3, -0.25) is 0 Å². The molecule has 4 atom stereocenters. The normalized spacial score (nSPS) is 15.2. The Labute approximate surface area is 240 Å². The molecule has 35 heavy (non-hydrogen) atoms. The Morgan fingerprint density at radius 3 is 1.49 bits per heavy atom. The summed E-state index contributed by atoms with van der Waals surface area (Å²) >= 11 is 0. The van der Waals surface area contributed by atoms with Crippen LogP contribution in [0.4, 0.5) is 0 Å². The summed E-state index contributed by atoms with van der Waals surface area (Å²) in [6, 6.07) is 17.6. The van der Waals surface area contributed by atoms with E-state index in [0.29, 0.717) is 0 Å². The molecule has 0 aliphatic rings. The third kappa shape index (κ3) is 18.7. The van der Waals surface area contributed by atoms with Crippen molar-refractivity contribution in [3.05, 3.63) is 48.5 Å². The third-order valence-corrected chi connectivity index (χ3v) is 37.0. The van der Waals surface area contributed by atoms with Gasteiger partial charge in [0, 0.05) is 49.4 Å². The van der Waals surface area contributed by atoms with E-state index >= 15 is 0 Å². The number of hydrogen-bond donors (Lipinski definition) is 0. The van der Waals surface area contributed by atoms with Crippen LogP contribution in [0.1, 0.15) is 0 Å². The Morgan fingerprint density at radius 1 is 0.657 bits per heavy atom. The molecule has 0 saturated carbocycles. The van der Waals surface area contributed by atoms with E-state index in [0.717, 1.165) is 0 Å². The van der Waals surface area contributed by atoms with Gasteiger partial charge in [0.05, 0.1) is 0 Å². The molecule has 0 heterocycles. The van der Waals surface area contributed by atoms with Gasteiger partial charge >= 0.3 is 0 Å². The maximum atomic E-state index is 2.60. The van der Waals surface area contributed by atoms with E-state index in [1.54, 1.807) is 11.6 Å². The van der Waals surface area contributed by atoms with E-state index < -0.39 is 32.3 Å². The zero-order valence-corrected chi connectivity index (χ0v) is 33.6. The zero-order chi connectivity index (χ0) is 26.2. The van der Waals surface area contributed by atoms with Crippen LogP contribution in [0.5, 0.6) is 0 Å². The SMILES string of the molecule is C[Si](C)(C)CPP(C[Si](C)(C)C)c1ccc[c-]1P(C[Si](C)(C)C)PC[Si](C)(C)C.[Fe].[cH-]1[cH-][cH-][cH-][cH-]1. The van der Waals surface area contributed by atoms with Crippen LogP contribution in [0, 0.1) is 0 Å². The van der Waals surface area contributed by atoms with Gasteiger partial charge < -0.3 is 30.3 Å². The molecule has 0 aromatic heterocycles. The molecule has 0 saturated heterocycles. The average Bonchev–Trinajstić information content (AvgIpc) is 3.33. The molecule has 208 valence electrons. The summed E-state index contributed by atoms with van der Waals surface area (Å²) in [5.74, 6) is 6.18. The summed E-state index contributed by atoms with van der Waals surface area (Å²) < 4.78 is 0. The summed E-state index contributed by atoms with van der Waals surface area (Å²) in [4.78, 5) is 0. The summed E-state index contributed by atoms with van der Waals surface area (Å²) in [7, 11) is -1.49. The second-order valence-corrected chi connectivity index (χ2v) is 48.6. The van der Waals surface area contributed by atoms with Gasteiger partial charge in [0.2, 0.25) is 0 Å². The van der Waals surface area contributed by atoms with Crippen LogP contribution >= 0.6 is 31.8 Å². The van der Waals surface area contributed by atoms with E-state index in [1.807, 2.05) is 40.9 Å². The standard InChI is InChI=1S/C21H49P4Si4.C5H5.Fe/c1-26(2,3)16-22-24(18-28(7,8)9)20-14-13-15-21(20)25(19-29(10,11)12)23-17-27(4,5)6;1-2-4-5-3-1;/h13-15,22-23H,16-19H2,1-12H3;1-5H;/q-1;-5;. The minimum atomic E-state index is -1.05. The third-order valence-electron chi connectivity index (χ3n) is 4.77. The van der Waals surface area contributed by atoms with Crippen molar-refractivity contribution in [2.75, 3.05) is 23.1 Å². The molecule has 0 aliphatic heterocycles. The first kappa shape index (κ1) is 36.8. The molecule has 4 unspecified atom stereocenters. The smallest absolute Gasteiger partial charge is 0.0492 e. The zero-order valence-electron chi connectivity index (χ0n) is 24.7. The van der Waals surface area contributed by atoms with Crippen LogP contribution in [0.15, 0.2) is 48.5 Å². The summed E-state index contributed by atoms with van der Waals surface area (Å²) in [5, 5.41) is 3.73. The van der Waals surface area contributed by atoms with Crippen molar-refractivity contribution in [1.29, 1.82) is 0 Å². The molecule has 0 amide bonds. The fourth-order valence-electron chi connectivity index (χ4n) is 3.24. The summed E-state index contributed by atoms with van der Waals surface area (Å²) in [5.41, 5.74) is 0. The van der Waals surface area contributed by atoms with Crippen LogP contribution in [0.2, 0.25) is 78.6 Å². The number of rotatable bonds is 12. The van der Waals surface area contributed by atoms with Gasteiger partial charge in [0.15, 0.2) is 0 Å². The van der Waals surface area contributed by atoms with E-state index in [-0.39, 0.29) is 32.3 Å². The fourth-order valence-corrected chi connectivity index (χ4v) is 46.0. The molecule has 0 fully saturated rings.